The number of hydrogen-bond acceptors (Lipinski definition) is 2. The Labute approximate surface area is 129 Å². The topological polar surface area (TPSA) is 30.2 Å². The van der Waals surface area contributed by atoms with Gasteiger partial charge >= 0.3 is 0 Å². The predicted molar refractivity (Wildman–Crippen MR) is 83.5 cm³/mol. The van der Waals surface area contributed by atoms with Gasteiger partial charge in [0, 0.05) is 20.4 Å². The fourth-order valence-electron chi connectivity index (χ4n) is 2.00. The average Bonchev–Trinajstić information content (AvgIpc) is 2.84. The highest BCUT2D eigenvalue weighted by Crippen LogP contribution is 2.26. The Bertz CT molecular complexity index is 820. The Hall–Kier alpha value is -1.58. The Kier molecular flexibility index (Phi) is 3.40. The maximum absolute atomic E-state index is 12.4. The Balaban J connectivity index is 2.05. The van der Waals surface area contributed by atoms with Gasteiger partial charge in [0.25, 0.3) is 0 Å². The number of fused-ring (bicyclic) bond motifs is 1. The summed E-state index contributed by atoms with van der Waals surface area (Å²) < 4.78 is 6.49. The third kappa shape index (κ3) is 2.39. The van der Waals surface area contributed by atoms with Crippen LogP contribution in [0.3, 0.4) is 0 Å². The van der Waals surface area contributed by atoms with Crippen LogP contribution in [0, 0.1) is 6.92 Å². The Morgan fingerprint density at radius 3 is 2.70 bits per heavy atom. The van der Waals surface area contributed by atoms with Gasteiger partial charge in [-0.15, -0.1) is 0 Å². The number of ketones is 1. The van der Waals surface area contributed by atoms with Gasteiger partial charge < -0.3 is 4.42 Å². The van der Waals surface area contributed by atoms with E-state index < -0.39 is 0 Å². The van der Waals surface area contributed by atoms with Crippen LogP contribution in [0.1, 0.15) is 21.7 Å². The molecule has 0 radical (unpaired) electrons. The van der Waals surface area contributed by atoms with Crippen molar-refractivity contribution < 1.29 is 9.21 Å². The lowest BCUT2D eigenvalue weighted by molar-refractivity contribution is 0.101. The van der Waals surface area contributed by atoms with Crippen molar-refractivity contribution >= 4 is 44.3 Å². The van der Waals surface area contributed by atoms with Crippen molar-refractivity contribution in [2.45, 2.75) is 6.92 Å². The van der Waals surface area contributed by atoms with Crippen LogP contribution in [0.15, 0.2) is 51.4 Å². The molecule has 0 spiro atoms. The quantitative estimate of drug-likeness (QED) is 0.581. The van der Waals surface area contributed by atoms with E-state index in [4.69, 9.17) is 16.0 Å². The van der Waals surface area contributed by atoms with Crippen LogP contribution in [-0.4, -0.2) is 5.78 Å². The predicted octanol–water partition coefficient (Wildman–Crippen LogP) is 5.39. The van der Waals surface area contributed by atoms with Crippen LogP contribution < -0.4 is 0 Å². The summed E-state index contributed by atoms with van der Waals surface area (Å²) in [5, 5.41) is 1.45. The number of benzene rings is 2. The summed E-state index contributed by atoms with van der Waals surface area (Å²) in [6.45, 7) is 1.97. The molecule has 0 bridgehead atoms. The maximum atomic E-state index is 12.4. The Morgan fingerprint density at radius 2 is 1.95 bits per heavy atom. The van der Waals surface area contributed by atoms with Crippen molar-refractivity contribution in [1.29, 1.82) is 0 Å². The molecule has 3 rings (SSSR count). The van der Waals surface area contributed by atoms with E-state index in [0.717, 1.165) is 15.4 Å². The zero-order valence-electron chi connectivity index (χ0n) is 10.6. The van der Waals surface area contributed by atoms with Crippen molar-refractivity contribution in [3.8, 4) is 0 Å². The molecule has 0 N–H and O–H groups in total. The first-order chi connectivity index (χ1) is 9.54. The van der Waals surface area contributed by atoms with Crippen LogP contribution in [0.25, 0.3) is 11.0 Å². The maximum Gasteiger partial charge on any atom is 0.228 e. The van der Waals surface area contributed by atoms with Gasteiger partial charge in [-0.05, 0) is 42.8 Å². The molecular formula is C16H10BrClO2. The van der Waals surface area contributed by atoms with Crippen molar-refractivity contribution in [2.24, 2.45) is 0 Å². The molecule has 0 aliphatic heterocycles. The minimum Gasteiger partial charge on any atom is -0.453 e. The van der Waals surface area contributed by atoms with E-state index in [9.17, 15) is 4.79 Å². The van der Waals surface area contributed by atoms with Gasteiger partial charge in [0.1, 0.15) is 5.58 Å². The molecular weight excluding hydrogens is 340 g/mol. The first kappa shape index (κ1) is 13.4. The van der Waals surface area contributed by atoms with Gasteiger partial charge in [-0.2, -0.15) is 0 Å². The number of furan rings is 1. The largest absolute Gasteiger partial charge is 0.453 e. The number of carbonyl (C=O) groups excluding carboxylic acids is 1. The van der Waals surface area contributed by atoms with Gasteiger partial charge in [-0.1, -0.05) is 39.7 Å². The molecule has 0 unspecified atom stereocenters. The molecule has 1 heterocycles. The number of rotatable bonds is 2. The van der Waals surface area contributed by atoms with Crippen LogP contribution >= 0.6 is 27.5 Å². The molecule has 3 aromatic rings. The molecule has 2 aromatic carbocycles. The zero-order valence-corrected chi connectivity index (χ0v) is 13.0. The standard InChI is InChI=1S/C16H10BrClO2/c1-9-2-3-10(7-13(9)17)16(19)15-8-11-6-12(18)4-5-14(11)20-15/h2-8H,1H3. The molecule has 0 aliphatic carbocycles. The van der Waals surface area contributed by atoms with Gasteiger partial charge in [-0.25, -0.2) is 0 Å². The number of carbonyl (C=O) groups is 1. The van der Waals surface area contributed by atoms with Crippen LogP contribution in [0.2, 0.25) is 5.02 Å². The second-order valence-corrected chi connectivity index (χ2v) is 5.88. The van der Waals surface area contributed by atoms with E-state index in [-0.39, 0.29) is 5.78 Å². The summed E-state index contributed by atoms with van der Waals surface area (Å²) >= 11 is 9.36. The second kappa shape index (κ2) is 5.08. The van der Waals surface area contributed by atoms with Gasteiger partial charge in [0.2, 0.25) is 5.78 Å². The normalized spacial score (nSPS) is 10.9. The van der Waals surface area contributed by atoms with E-state index in [0.29, 0.717) is 21.9 Å². The number of halogens is 2. The monoisotopic (exact) mass is 348 g/mol. The lowest BCUT2D eigenvalue weighted by Gasteiger charge is -2.01. The SMILES string of the molecule is Cc1ccc(C(=O)c2cc3cc(Cl)ccc3o2)cc1Br. The zero-order chi connectivity index (χ0) is 14.3. The Morgan fingerprint density at radius 1 is 1.15 bits per heavy atom. The third-order valence-corrected chi connectivity index (χ3v) is 4.23. The van der Waals surface area contributed by atoms with Crippen molar-refractivity contribution in [2.75, 3.05) is 0 Å². The van der Waals surface area contributed by atoms with Crippen molar-refractivity contribution in [3.63, 3.8) is 0 Å². The van der Waals surface area contributed by atoms with E-state index in [1.54, 1.807) is 36.4 Å². The fraction of sp³-hybridized carbons (Fsp3) is 0.0625. The smallest absolute Gasteiger partial charge is 0.228 e. The first-order valence-electron chi connectivity index (χ1n) is 6.04. The van der Waals surface area contributed by atoms with Crippen LogP contribution in [0.5, 0.6) is 0 Å². The molecule has 4 heteroatoms. The minimum atomic E-state index is -0.141. The number of aryl methyl sites for hydroxylation is 1. The van der Waals surface area contributed by atoms with Gasteiger partial charge in [-0.3, -0.25) is 4.79 Å². The molecule has 0 saturated heterocycles. The molecule has 0 fully saturated rings. The fourth-order valence-corrected chi connectivity index (χ4v) is 2.56. The summed E-state index contributed by atoms with van der Waals surface area (Å²) in [5.74, 6) is 0.177. The molecule has 0 amide bonds. The molecule has 2 nitrogen and oxygen atoms in total. The van der Waals surface area contributed by atoms with E-state index in [1.165, 1.54) is 0 Å². The first-order valence-corrected chi connectivity index (χ1v) is 7.21. The van der Waals surface area contributed by atoms with Crippen LogP contribution in [-0.2, 0) is 0 Å². The number of hydrogen-bond donors (Lipinski definition) is 0. The van der Waals surface area contributed by atoms with Gasteiger partial charge in [0.05, 0.1) is 0 Å². The molecule has 100 valence electrons. The summed E-state index contributed by atoms with van der Waals surface area (Å²) in [4.78, 5) is 12.4. The summed E-state index contributed by atoms with van der Waals surface area (Å²) in [6, 6.07) is 12.5. The van der Waals surface area contributed by atoms with Gasteiger partial charge in [0.15, 0.2) is 5.76 Å². The summed E-state index contributed by atoms with van der Waals surface area (Å²) in [5.41, 5.74) is 2.33. The molecule has 0 atom stereocenters. The molecule has 20 heavy (non-hydrogen) atoms. The second-order valence-electron chi connectivity index (χ2n) is 4.59. The minimum absolute atomic E-state index is 0.141. The van der Waals surface area contributed by atoms with E-state index in [2.05, 4.69) is 15.9 Å². The highest BCUT2D eigenvalue weighted by atomic mass is 79.9. The summed E-state index contributed by atoms with van der Waals surface area (Å²) in [7, 11) is 0. The molecule has 0 aliphatic rings. The average molecular weight is 350 g/mol. The summed E-state index contributed by atoms with van der Waals surface area (Å²) in [6.07, 6.45) is 0. The highest BCUT2D eigenvalue weighted by molar-refractivity contribution is 9.10. The van der Waals surface area contributed by atoms with Crippen LogP contribution in [0.4, 0.5) is 0 Å². The van der Waals surface area contributed by atoms with Crippen molar-refractivity contribution in [3.05, 3.63) is 68.8 Å². The molecule has 0 saturated carbocycles. The van der Waals surface area contributed by atoms with E-state index in [1.807, 2.05) is 13.0 Å². The van der Waals surface area contributed by atoms with Crippen molar-refractivity contribution in [1.82, 2.24) is 0 Å². The lowest BCUT2D eigenvalue weighted by atomic mass is 10.1. The lowest BCUT2D eigenvalue weighted by Crippen LogP contribution is -1.99. The molecule has 1 aromatic heterocycles. The van der Waals surface area contributed by atoms with E-state index >= 15 is 0 Å². The third-order valence-electron chi connectivity index (χ3n) is 3.14. The highest BCUT2D eigenvalue weighted by Gasteiger charge is 2.15.